The summed E-state index contributed by atoms with van der Waals surface area (Å²) in [5.74, 6) is 3.27. The lowest BCUT2D eigenvalue weighted by Gasteiger charge is -2.26. The van der Waals surface area contributed by atoms with Crippen molar-refractivity contribution < 1.29 is 8.42 Å². The molecule has 0 aliphatic carbocycles. The van der Waals surface area contributed by atoms with Gasteiger partial charge in [-0.15, -0.1) is 10.4 Å². The van der Waals surface area contributed by atoms with E-state index >= 15 is 0 Å². The zero-order valence-corrected chi connectivity index (χ0v) is 17.9. The lowest BCUT2D eigenvalue weighted by Crippen LogP contribution is -2.54. The molecule has 0 aromatic heterocycles. The Labute approximate surface area is 143 Å². The minimum atomic E-state index is -3.58. The molecule has 1 rings (SSSR count). The summed E-state index contributed by atoms with van der Waals surface area (Å²) >= 11 is 0. The van der Waals surface area contributed by atoms with Crippen molar-refractivity contribution in [1.29, 1.82) is 0 Å². The van der Waals surface area contributed by atoms with Crippen molar-refractivity contribution in [3.63, 3.8) is 0 Å². The van der Waals surface area contributed by atoms with Crippen molar-refractivity contribution in [2.45, 2.75) is 56.8 Å². The molecule has 0 amide bonds. The molecule has 4 nitrogen and oxygen atoms in total. The molecular formula is C16H28N2O2SSi2. The molecule has 0 bridgehead atoms. The lowest BCUT2D eigenvalue weighted by atomic mass is 10.2. The van der Waals surface area contributed by atoms with Crippen molar-refractivity contribution in [3.05, 3.63) is 29.8 Å². The molecule has 2 N–H and O–H groups in total. The molecule has 1 unspecified atom stereocenters. The van der Waals surface area contributed by atoms with E-state index in [1.807, 2.05) is 6.92 Å². The predicted molar refractivity (Wildman–Crippen MR) is 103 cm³/mol. The van der Waals surface area contributed by atoms with Crippen molar-refractivity contribution in [3.8, 4) is 11.5 Å². The first-order valence-electron chi connectivity index (χ1n) is 7.68. The number of hydrazine groups is 1. The van der Waals surface area contributed by atoms with Gasteiger partial charge >= 0.3 is 0 Å². The van der Waals surface area contributed by atoms with Gasteiger partial charge in [0.25, 0.3) is 10.0 Å². The van der Waals surface area contributed by atoms with Crippen LogP contribution in [0.2, 0.25) is 39.3 Å². The largest absolute Gasteiger partial charge is 0.253 e. The van der Waals surface area contributed by atoms with Crippen LogP contribution in [0.5, 0.6) is 0 Å². The summed E-state index contributed by atoms with van der Waals surface area (Å²) in [6, 6.07) is 6.79. The highest BCUT2D eigenvalue weighted by atomic mass is 32.2. The third-order valence-electron chi connectivity index (χ3n) is 3.13. The van der Waals surface area contributed by atoms with Gasteiger partial charge in [0.05, 0.1) is 18.6 Å². The number of sulfonamides is 1. The summed E-state index contributed by atoms with van der Waals surface area (Å²) in [4.78, 5) is 2.76. The van der Waals surface area contributed by atoms with E-state index in [9.17, 15) is 8.42 Å². The van der Waals surface area contributed by atoms with Gasteiger partial charge in [-0.05, 0) is 19.1 Å². The molecule has 0 saturated heterocycles. The molecule has 0 radical (unpaired) electrons. The Hall–Kier alpha value is -0.916. The second kappa shape index (κ2) is 7.32. The number of benzene rings is 1. The van der Waals surface area contributed by atoms with Crippen molar-refractivity contribution >= 4 is 26.2 Å². The van der Waals surface area contributed by atoms with Crippen LogP contribution in [0.1, 0.15) is 5.56 Å². The standard InChI is InChI=1S/C16H28N2O2SSi2/c1-14-8-10-15(11-9-14)21(19,20)18-17-16(23(5,6)7)12-13-22(2,3)4/h8-11,16-18H,1-7H3. The molecule has 1 aromatic carbocycles. The van der Waals surface area contributed by atoms with Gasteiger partial charge in [0, 0.05) is 0 Å². The van der Waals surface area contributed by atoms with Crippen LogP contribution in [0, 0.1) is 18.4 Å². The van der Waals surface area contributed by atoms with Gasteiger partial charge in [0.15, 0.2) is 0 Å². The summed E-state index contributed by atoms with van der Waals surface area (Å²) in [5, 5.41) is 0. The van der Waals surface area contributed by atoms with E-state index in [0.29, 0.717) is 0 Å². The first-order chi connectivity index (χ1) is 10.3. The van der Waals surface area contributed by atoms with E-state index in [1.165, 1.54) is 0 Å². The first-order valence-corrected chi connectivity index (χ1v) is 16.2. The van der Waals surface area contributed by atoms with Gasteiger partial charge in [0.2, 0.25) is 0 Å². The Bertz CT molecular complexity index is 691. The highest BCUT2D eigenvalue weighted by Gasteiger charge is 2.27. The Morgan fingerprint density at radius 3 is 1.96 bits per heavy atom. The topological polar surface area (TPSA) is 58.2 Å². The van der Waals surface area contributed by atoms with Crippen LogP contribution >= 0.6 is 0 Å². The van der Waals surface area contributed by atoms with E-state index in [0.717, 1.165) is 5.56 Å². The maximum absolute atomic E-state index is 12.4. The normalized spacial score (nSPS) is 14.0. The third-order valence-corrected chi connectivity index (χ3v) is 7.32. The van der Waals surface area contributed by atoms with Gasteiger partial charge in [-0.3, -0.25) is 0 Å². The molecule has 0 fully saturated rings. The number of nitrogens with one attached hydrogen (secondary N) is 2. The Balaban J connectivity index is 2.93. The van der Waals surface area contributed by atoms with E-state index in [-0.39, 0.29) is 10.6 Å². The second-order valence-electron chi connectivity index (χ2n) is 7.88. The van der Waals surface area contributed by atoms with Crippen LogP contribution in [0.25, 0.3) is 0 Å². The van der Waals surface area contributed by atoms with Gasteiger partial charge in [-0.1, -0.05) is 62.9 Å². The van der Waals surface area contributed by atoms with Crippen LogP contribution in [0.3, 0.4) is 0 Å². The highest BCUT2D eigenvalue weighted by Crippen LogP contribution is 2.11. The molecular weight excluding hydrogens is 340 g/mol. The van der Waals surface area contributed by atoms with E-state index < -0.39 is 26.2 Å². The Kier molecular flexibility index (Phi) is 6.41. The highest BCUT2D eigenvalue weighted by molar-refractivity contribution is 7.89. The predicted octanol–water partition coefficient (Wildman–Crippen LogP) is 2.90. The van der Waals surface area contributed by atoms with Gasteiger partial charge < -0.3 is 0 Å². The van der Waals surface area contributed by atoms with Crippen molar-refractivity contribution in [2.24, 2.45) is 0 Å². The summed E-state index contributed by atoms with van der Waals surface area (Å²) in [6.45, 7) is 15.0. The minimum Gasteiger partial charge on any atom is -0.232 e. The molecule has 1 aromatic rings. The van der Waals surface area contributed by atoms with E-state index in [4.69, 9.17) is 0 Å². The smallest absolute Gasteiger partial charge is 0.232 e. The molecule has 0 spiro atoms. The minimum absolute atomic E-state index is 0.130. The number of hydrogen-bond acceptors (Lipinski definition) is 3. The fraction of sp³-hybridized carbons (Fsp3) is 0.500. The van der Waals surface area contributed by atoms with Gasteiger partial charge in [-0.2, -0.15) is 0 Å². The van der Waals surface area contributed by atoms with E-state index in [2.05, 4.69) is 61.0 Å². The summed E-state index contributed by atoms with van der Waals surface area (Å²) in [7, 11) is -6.77. The monoisotopic (exact) mass is 368 g/mol. The fourth-order valence-electron chi connectivity index (χ4n) is 1.67. The van der Waals surface area contributed by atoms with Gasteiger partial charge in [0.1, 0.15) is 8.07 Å². The number of hydrogen-bond donors (Lipinski definition) is 2. The molecule has 1 atom stereocenters. The van der Waals surface area contributed by atoms with Crippen molar-refractivity contribution in [2.75, 3.05) is 0 Å². The molecule has 0 saturated carbocycles. The maximum atomic E-state index is 12.4. The molecule has 128 valence electrons. The Morgan fingerprint density at radius 1 is 1.00 bits per heavy atom. The zero-order chi connectivity index (χ0) is 17.9. The SMILES string of the molecule is Cc1ccc(S(=O)(=O)NNC(C#C[Si](C)(C)C)[Si](C)(C)C)cc1. The van der Waals surface area contributed by atoms with Crippen LogP contribution < -0.4 is 10.3 Å². The lowest BCUT2D eigenvalue weighted by molar-refractivity contribution is 0.558. The molecule has 23 heavy (non-hydrogen) atoms. The van der Waals surface area contributed by atoms with Crippen LogP contribution in [-0.4, -0.2) is 30.2 Å². The molecule has 0 aliphatic rings. The number of rotatable bonds is 5. The van der Waals surface area contributed by atoms with Crippen LogP contribution in [-0.2, 0) is 10.0 Å². The fourth-order valence-corrected chi connectivity index (χ4v) is 4.39. The van der Waals surface area contributed by atoms with E-state index in [1.54, 1.807) is 24.3 Å². The second-order valence-corrected chi connectivity index (χ2v) is 19.6. The summed E-state index contributed by atoms with van der Waals surface area (Å²) < 4.78 is 24.8. The average Bonchev–Trinajstić information content (AvgIpc) is 2.36. The van der Waals surface area contributed by atoms with Crippen LogP contribution in [0.15, 0.2) is 29.2 Å². The van der Waals surface area contributed by atoms with Crippen LogP contribution in [0.4, 0.5) is 0 Å². The summed E-state index contributed by atoms with van der Waals surface area (Å²) in [5.41, 5.74) is 7.19. The first kappa shape index (κ1) is 20.1. The van der Waals surface area contributed by atoms with Gasteiger partial charge in [-0.25, -0.2) is 13.8 Å². The molecule has 0 aliphatic heterocycles. The maximum Gasteiger partial charge on any atom is 0.253 e. The van der Waals surface area contributed by atoms with Crippen molar-refractivity contribution in [1.82, 2.24) is 10.3 Å². The average molecular weight is 369 g/mol. The summed E-state index contributed by atoms with van der Waals surface area (Å²) in [6.07, 6.45) is 0. The number of aryl methyl sites for hydroxylation is 1. The molecule has 0 heterocycles. The third kappa shape index (κ3) is 7.02. The zero-order valence-electron chi connectivity index (χ0n) is 15.1. The quantitative estimate of drug-likeness (QED) is 0.477. The Morgan fingerprint density at radius 2 is 1.52 bits per heavy atom. The molecule has 7 heteroatoms.